The molecule has 0 aromatic heterocycles. The Morgan fingerprint density at radius 1 is 0.818 bits per heavy atom. The van der Waals surface area contributed by atoms with Crippen molar-refractivity contribution in [1.29, 1.82) is 0 Å². The van der Waals surface area contributed by atoms with E-state index in [1.807, 2.05) is 36.4 Å². The molecule has 4 heteroatoms. The standard InChI is InChI=1S/C18H19NO3/c1-18(2,3)22-17(21)16(20)19(14-10-6-4-7-11-14)15-12-8-5-9-13-15/h4-13H,1-3H3. The number of carbonyl (C=O) groups excluding carboxylic acids is 2. The molecule has 0 aliphatic rings. The molecule has 2 aromatic rings. The molecule has 22 heavy (non-hydrogen) atoms. The fourth-order valence-corrected chi connectivity index (χ4v) is 1.95. The van der Waals surface area contributed by atoms with Gasteiger partial charge >= 0.3 is 11.9 Å². The first-order chi connectivity index (χ1) is 10.4. The van der Waals surface area contributed by atoms with Gasteiger partial charge < -0.3 is 4.74 Å². The number of hydrogen-bond donors (Lipinski definition) is 0. The van der Waals surface area contributed by atoms with Gasteiger partial charge in [0.2, 0.25) is 0 Å². The molecule has 0 unspecified atom stereocenters. The maximum Gasteiger partial charge on any atom is 0.398 e. The van der Waals surface area contributed by atoms with Crippen LogP contribution in [0.4, 0.5) is 11.4 Å². The number of para-hydroxylation sites is 2. The second kappa shape index (κ2) is 6.43. The molecule has 0 N–H and O–H groups in total. The number of benzene rings is 2. The number of ether oxygens (including phenoxy) is 1. The van der Waals surface area contributed by atoms with Crippen LogP contribution in [-0.2, 0) is 14.3 Å². The highest BCUT2D eigenvalue weighted by Gasteiger charge is 2.29. The summed E-state index contributed by atoms with van der Waals surface area (Å²) in [5.41, 5.74) is 0.514. The van der Waals surface area contributed by atoms with Gasteiger partial charge in [0.15, 0.2) is 0 Å². The van der Waals surface area contributed by atoms with Gasteiger partial charge in [-0.2, -0.15) is 0 Å². The molecule has 0 saturated heterocycles. The molecule has 0 atom stereocenters. The molecule has 0 bridgehead atoms. The summed E-state index contributed by atoms with van der Waals surface area (Å²) in [6, 6.07) is 18.0. The third-order valence-corrected chi connectivity index (χ3v) is 2.81. The number of nitrogens with zero attached hydrogens (tertiary/aromatic N) is 1. The van der Waals surface area contributed by atoms with Crippen molar-refractivity contribution in [2.75, 3.05) is 4.90 Å². The zero-order valence-electron chi connectivity index (χ0n) is 12.9. The number of anilines is 2. The van der Waals surface area contributed by atoms with Gasteiger partial charge in [0.25, 0.3) is 0 Å². The second-order valence-corrected chi connectivity index (χ2v) is 5.81. The van der Waals surface area contributed by atoms with Gasteiger partial charge in [-0.05, 0) is 45.0 Å². The van der Waals surface area contributed by atoms with Crippen molar-refractivity contribution in [3.63, 3.8) is 0 Å². The van der Waals surface area contributed by atoms with E-state index in [4.69, 9.17) is 4.74 Å². The lowest BCUT2D eigenvalue weighted by Crippen LogP contribution is -2.38. The molecular weight excluding hydrogens is 278 g/mol. The van der Waals surface area contributed by atoms with Gasteiger partial charge in [-0.25, -0.2) is 4.79 Å². The quantitative estimate of drug-likeness (QED) is 0.627. The highest BCUT2D eigenvalue weighted by atomic mass is 16.6. The van der Waals surface area contributed by atoms with Crippen molar-refractivity contribution >= 4 is 23.3 Å². The zero-order chi connectivity index (χ0) is 16.2. The Balaban J connectivity index is 2.38. The highest BCUT2D eigenvalue weighted by molar-refractivity contribution is 6.40. The molecule has 0 aliphatic carbocycles. The van der Waals surface area contributed by atoms with E-state index in [0.717, 1.165) is 0 Å². The van der Waals surface area contributed by atoms with Crippen LogP contribution >= 0.6 is 0 Å². The number of carbonyl (C=O) groups is 2. The van der Waals surface area contributed by atoms with Crippen LogP contribution in [0, 0.1) is 0 Å². The average Bonchev–Trinajstić information content (AvgIpc) is 2.48. The van der Waals surface area contributed by atoms with Crippen LogP contribution in [0.15, 0.2) is 60.7 Å². The predicted molar refractivity (Wildman–Crippen MR) is 85.9 cm³/mol. The Labute approximate surface area is 130 Å². The van der Waals surface area contributed by atoms with Crippen molar-refractivity contribution in [3.05, 3.63) is 60.7 Å². The molecule has 2 aromatic carbocycles. The Hall–Kier alpha value is -2.62. The minimum absolute atomic E-state index is 0.615. The monoisotopic (exact) mass is 297 g/mol. The summed E-state index contributed by atoms with van der Waals surface area (Å²) < 4.78 is 5.19. The third kappa shape index (κ3) is 3.95. The van der Waals surface area contributed by atoms with Gasteiger partial charge in [0.1, 0.15) is 5.60 Å². The summed E-state index contributed by atoms with van der Waals surface area (Å²) in [6.45, 7) is 5.19. The molecule has 0 fully saturated rings. The van der Waals surface area contributed by atoms with E-state index in [2.05, 4.69) is 0 Å². The van der Waals surface area contributed by atoms with E-state index in [0.29, 0.717) is 11.4 Å². The summed E-state index contributed by atoms with van der Waals surface area (Å²) in [5.74, 6) is -1.59. The molecule has 0 heterocycles. The topological polar surface area (TPSA) is 46.6 Å². The maximum absolute atomic E-state index is 12.6. The van der Waals surface area contributed by atoms with Crippen LogP contribution < -0.4 is 4.90 Å². The molecule has 1 amide bonds. The average molecular weight is 297 g/mol. The molecule has 4 nitrogen and oxygen atoms in total. The van der Waals surface area contributed by atoms with E-state index >= 15 is 0 Å². The van der Waals surface area contributed by atoms with Gasteiger partial charge in [-0.1, -0.05) is 36.4 Å². The lowest BCUT2D eigenvalue weighted by atomic mass is 10.2. The smallest absolute Gasteiger partial charge is 0.398 e. The van der Waals surface area contributed by atoms with Crippen LogP contribution in [0.25, 0.3) is 0 Å². The fourth-order valence-electron chi connectivity index (χ4n) is 1.95. The van der Waals surface area contributed by atoms with Gasteiger partial charge in [-0.15, -0.1) is 0 Å². The second-order valence-electron chi connectivity index (χ2n) is 5.81. The SMILES string of the molecule is CC(C)(C)OC(=O)C(=O)N(c1ccccc1)c1ccccc1. The Morgan fingerprint density at radius 2 is 1.23 bits per heavy atom. The van der Waals surface area contributed by atoms with E-state index in [-0.39, 0.29) is 0 Å². The third-order valence-electron chi connectivity index (χ3n) is 2.81. The maximum atomic E-state index is 12.6. The van der Waals surface area contributed by atoms with E-state index in [9.17, 15) is 9.59 Å². The Kier molecular flexibility index (Phi) is 4.61. The normalized spacial score (nSPS) is 10.9. The zero-order valence-corrected chi connectivity index (χ0v) is 12.9. The van der Waals surface area contributed by atoms with E-state index in [1.165, 1.54) is 4.90 Å². The van der Waals surface area contributed by atoms with E-state index < -0.39 is 17.5 Å². The van der Waals surface area contributed by atoms with Gasteiger partial charge in [-0.3, -0.25) is 9.69 Å². The molecule has 2 rings (SSSR count). The summed E-state index contributed by atoms with van der Waals surface area (Å²) in [5, 5.41) is 0. The first-order valence-corrected chi connectivity index (χ1v) is 7.06. The van der Waals surface area contributed by atoms with Gasteiger partial charge in [0.05, 0.1) is 0 Å². The van der Waals surface area contributed by atoms with Crippen molar-refractivity contribution in [1.82, 2.24) is 0 Å². The van der Waals surface area contributed by atoms with Crippen LogP contribution in [-0.4, -0.2) is 17.5 Å². The lowest BCUT2D eigenvalue weighted by Gasteiger charge is -2.25. The highest BCUT2D eigenvalue weighted by Crippen LogP contribution is 2.25. The number of hydrogen-bond acceptors (Lipinski definition) is 3. The van der Waals surface area contributed by atoms with Gasteiger partial charge in [0, 0.05) is 11.4 Å². The van der Waals surface area contributed by atoms with Crippen LogP contribution in [0.5, 0.6) is 0 Å². The lowest BCUT2D eigenvalue weighted by molar-refractivity contribution is -0.162. The first-order valence-electron chi connectivity index (χ1n) is 7.06. The molecule has 0 aliphatic heterocycles. The predicted octanol–water partition coefficient (Wildman–Crippen LogP) is 3.69. The minimum atomic E-state index is -0.875. The Bertz CT molecular complexity index is 606. The molecule has 114 valence electrons. The van der Waals surface area contributed by atoms with Crippen molar-refractivity contribution in [2.45, 2.75) is 26.4 Å². The summed E-state index contributed by atoms with van der Waals surface area (Å²) in [7, 11) is 0. The molecule has 0 spiro atoms. The first kappa shape index (κ1) is 15.8. The summed E-state index contributed by atoms with van der Waals surface area (Å²) >= 11 is 0. The molecule has 0 radical (unpaired) electrons. The van der Waals surface area contributed by atoms with Crippen molar-refractivity contribution in [3.8, 4) is 0 Å². The number of rotatable bonds is 2. The fraction of sp³-hybridized carbons (Fsp3) is 0.222. The number of amides is 1. The largest absolute Gasteiger partial charge is 0.453 e. The molecular formula is C18H19NO3. The van der Waals surface area contributed by atoms with Crippen molar-refractivity contribution < 1.29 is 14.3 Å². The summed E-state index contributed by atoms with van der Waals surface area (Å²) in [6.07, 6.45) is 0. The molecule has 0 saturated carbocycles. The van der Waals surface area contributed by atoms with Crippen LogP contribution in [0.3, 0.4) is 0 Å². The Morgan fingerprint density at radius 3 is 1.59 bits per heavy atom. The minimum Gasteiger partial charge on any atom is -0.453 e. The van der Waals surface area contributed by atoms with Crippen LogP contribution in [0.1, 0.15) is 20.8 Å². The summed E-state index contributed by atoms with van der Waals surface area (Å²) in [4.78, 5) is 26.1. The van der Waals surface area contributed by atoms with Crippen molar-refractivity contribution in [2.24, 2.45) is 0 Å². The number of esters is 1. The van der Waals surface area contributed by atoms with Crippen LogP contribution in [0.2, 0.25) is 0 Å². The van der Waals surface area contributed by atoms with E-state index in [1.54, 1.807) is 45.0 Å².